The number of halogens is 2. The van der Waals surface area contributed by atoms with Crippen LogP contribution < -0.4 is 10.1 Å². The molecule has 0 aliphatic rings. The van der Waals surface area contributed by atoms with Crippen molar-refractivity contribution in [2.45, 2.75) is 39.3 Å². The van der Waals surface area contributed by atoms with Crippen LogP contribution in [-0.4, -0.2) is 35.9 Å². The van der Waals surface area contributed by atoms with Crippen LogP contribution in [-0.2, 0) is 16.1 Å². The van der Waals surface area contributed by atoms with Crippen molar-refractivity contribution in [3.05, 3.63) is 75.2 Å². The summed E-state index contributed by atoms with van der Waals surface area (Å²) in [5, 5.41) is 5.02. The summed E-state index contributed by atoms with van der Waals surface area (Å²) >= 11 is 7.03. The maximum absolute atomic E-state index is 13.2. The zero-order valence-corrected chi connectivity index (χ0v) is 22.0. The predicted octanol–water partition coefficient (Wildman–Crippen LogP) is 6.08. The second-order valence-corrected chi connectivity index (χ2v) is 9.56. The highest BCUT2D eigenvalue weighted by atomic mass is 79.9. The third-order valence-electron chi connectivity index (χ3n) is 5.44. The van der Waals surface area contributed by atoms with Gasteiger partial charge in [-0.15, -0.1) is 0 Å². The Kier molecular flexibility index (Phi) is 9.32. The average molecular weight is 576 g/mol. The number of carbonyl (C=O) groups is 2. The van der Waals surface area contributed by atoms with Gasteiger partial charge >= 0.3 is 0 Å². The standard InChI is InChI=1S/C26H28Br2N2O3/c1-3-4-15-29-26(32)18(2)30(16-19-9-12-21(27)13-10-19)24(31)17-33-23-14-11-20-7-5-6-8-22(20)25(23)28/h5-14,18H,3-4,15-17H2,1-2H3,(H,29,32)/t18-/m1/s1. The second-order valence-electron chi connectivity index (χ2n) is 7.86. The molecule has 3 aromatic rings. The first-order valence-corrected chi connectivity index (χ1v) is 12.6. The molecule has 3 rings (SSSR count). The molecule has 1 atom stereocenters. The number of ether oxygens (including phenoxy) is 1. The van der Waals surface area contributed by atoms with Gasteiger partial charge in [0.15, 0.2) is 6.61 Å². The Labute approximate surface area is 211 Å². The van der Waals surface area contributed by atoms with Crippen molar-refractivity contribution in [2.24, 2.45) is 0 Å². The minimum Gasteiger partial charge on any atom is -0.483 e. The molecule has 0 fully saturated rings. The molecule has 3 aromatic carbocycles. The molecule has 174 valence electrons. The van der Waals surface area contributed by atoms with E-state index >= 15 is 0 Å². The van der Waals surface area contributed by atoms with Crippen molar-refractivity contribution in [1.82, 2.24) is 10.2 Å². The van der Waals surface area contributed by atoms with Crippen molar-refractivity contribution in [3.63, 3.8) is 0 Å². The minimum atomic E-state index is -0.623. The Morgan fingerprint density at radius 1 is 1.03 bits per heavy atom. The number of nitrogens with zero attached hydrogens (tertiary/aromatic N) is 1. The van der Waals surface area contributed by atoms with Gasteiger partial charge in [-0.25, -0.2) is 0 Å². The van der Waals surface area contributed by atoms with Crippen LogP contribution in [0.1, 0.15) is 32.3 Å². The van der Waals surface area contributed by atoms with Gasteiger partial charge in [0.25, 0.3) is 5.91 Å². The maximum atomic E-state index is 13.2. The molecule has 33 heavy (non-hydrogen) atoms. The summed E-state index contributed by atoms with van der Waals surface area (Å²) in [4.78, 5) is 27.5. The quantitative estimate of drug-likeness (QED) is 0.298. The first kappa shape index (κ1) is 25.2. The summed E-state index contributed by atoms with van der Waals surface area (Å²) < 4.78 is 7.66. The molecule has 0 unspecified atom stereocenters. The zero-order valence-electron chi connectivity index (χ0n) is 18.8. The van der Waals surface area contributed by atoms with Crippen LogP contribution in [0, 0.1) is 0 Å². The van der Waals surface area contributed by atoms with Crippen molar-refractivity contribution in [3.8, 4) is 5.75 Å². The van der Waals surface area contributed by atoms with Crippen LogP contribution in [0.15, 0.2) is 69.6 Å². The fraction of sp³-hybridized carbons (Fsp3) is 0.308. The number of unbranched alkanes of at least 4 members (excludes halogenated alkanes) is 1. The van der Waals surface area contributed by atoms with E-state index in [1.54, 1.807) is 11.8 Å². The second kappa shape index (κ2) is 12.2. The van der Waals surface area contributed by atoms with Gasteiger partial charge in [-0.3, -0.25) is 9.59 Å². The molecule has 0 saturated heterocycles. The van der Waals surface area contributed by atoms with E-state index in [1.165, 1.54) is 0 Å². The van der Waals surface area contributed by atoms with Crippen LogP contribution in [0.3, 0.4) is 0 Å². The molecule has 1 N–H and O–H groups in total. The molecule has 2 amide bonds. The number of benzene rings is 3. The van der Waals surface area contributed by atoms with Crippen LogP contribution in [0.2, 0.25) is 0 Å². The lowest BCUT2D eigenvalue weighted by Gasteiger charge is -2.29. The van der Waals surface area contributed by atoms with Crippen molar-refractivity contribution >= 4 is 54.4 Å². The van der Waals surface area contributed by atoms with E-state index in [9.17, 15) is 9.59 Å². The van der Waals surface area contributed by atoms with Gasteiger partial charge in [0.05, 0.1) is 4.47 Å². The fourth-order valence-electron chi connectivity index (χ4n) is 3.45. The molecule has 0 heterocycles. The molecule has 0 spiro atoms. The summed E-state index contributed by atoms with van der Waals surface area (Å²) in [7, 11) is 0. The number of amides is 2. The van der Waals surface area contributed by atoms with Gasteiger partial charge in [-0.1, -0.05) is 71.7 Å². The summed E-state index contributed by atoms with van der Waals surface area (Å²) in [5.41, 5.74) is 0.937. The lowest BCUT2D eigenvalue weighted by Crippen LogP contribution is -2.49. The molecule has 0 saturated carbocycles. The van der Waals surface area contributed by atoms with Gasteiger partial charge in [0.1, 0.15) is 11.8 Å². The largest absolute Gasteiger partial charge is 0.483 e. The summed E-state index contributed by atoms with van der Waals surface area (Å²) in [6.45, 7) is 4.57. The Hall–Kier alpha value is -2.38. The normalized spacial score (nSPS) is 11.8. The van der Waals surface area contributed by atoms with Crippen molar-refractivity contribution in [1.29, 1.82) is 0 Å². The molecule has 0 aromatic heterocycles. The van der Waals surface area contributed by atoms with Gasteiger partial charge in [-0.05, 0) is 63.8 Å². The van der Waals surface area contributed by atoms with E-state index in [0.29, 0.717) is 18.8 Å². The van der Waals surface area contributed by atoms with Crippen molar-refractivity contribution in [2.75, 3.05) is 13.2 Å². The van der Waals surface area contributed by atoms with Crippen LogP contribution >= 0.6 is 31.9 Å². The number of hydrogen-bond donors (Lipinski definition) is 1. The monoisotopic (exact) mass is 574 g/mol. The summed E-state index contributed by atoms with van der Waals surface area (Å²) in [6, 6.07) is 18.9. The number of hydrogen-bond acceptors (Lipinski definition) is 3. The van der Waals surface area contributed by atoms with E-state index in [-0.39, 0.29) is 18.4 Å². The molecule has 0 bridgehead atoms. The number of nitrogens with one attached hydrogen (secondary N) is 1. The zero-order chi connectivity index (χ0) is 23.8. The third kappa shape index (κ3) is 6.81. The molecule has 0 aliphatic carbocycles. The smallest absolute Gasteiger partial charge is 0.261 e. The Bertz CT molecular complexity index is 1100. The summed E-state index contributed by atoms with van der Waals surface area (Å²) in [6.07, 6.45) is 1.89. The van der Waals surface area contributed by atoms with Crippen LogP contribution in [0.4, 0.5) is 0 Å². The van der Waals surface area contributed by atoms with E-state index < -0.39 is 6.04 Å². The summed E-state index contributed by atoms with van der Waals surface area (Å²) in [5.74, 6) is 0.169. The first-order chi connectivity index (χ1) is 15.9. The van der Waals surface area contributed by atoms with E-state index in [2.05, 4.69) is 44.1 Å². The van der Waals surface area contributed by atoms with Gasteiger partial charge in [0.2, 0.25) is 5.91 Å². The third-order valence-corrected chi connectivity index (χ3v) is 6.79. The van der Waals surface area contributed by atoms with Crippen LogP contribution in [0.5, 0.6) is 5.75 Å². The first-order valence-electron chi connectivity index (χ1n) is 11.0. The van der Waals surface area contributed by atoms with Gasteiger partial charge < -0.3 is 15.0 Å². The van der Waals surface area contributed by atoms with Crippen molar-refractivity contribution < 1.29 is 14.3 Å². The van der Waals surface area contributed by atoms with Crippen LogP contribution in [0.25, 0.3) is 10.8 Å². The topological polar surface area (TPSA) is 58.6 Å². The molecule has 7 heteroatoms. The number of fused-ring (bicyclic) bond motifs is 1. The lowest BCUT2D eigenvalue weighted by atomic mass is 10.1. The van der Waals surface area contributed by atoms with E-state index in [0.717, 1.165) is 38.1 Å². The Morgan fingerprint density at radius 2 is 1.76 bits per heavy atom. The van der Waals surface area contributed by atoms with E-state index in [4.69, 9.17) is 4.74 Å². The molecule has 0 aliphatic heterocycles. The fourth-order valence-corrected chi connectivity index (χ4v) is 4.32. The number of carbonyl (C=O) groups excluding carboxylic acids is 2. The predicted molar refractivity (Wildman–Crippen MR) is 139 cm³/mol. The van der Waals surface area contributed by atoms with Gasteiger partial charge in [-0.2, -0.15) is 0 Å². The van der Waals surface area contributed by atoms with E-state index in [1.807, 2.05) is 60.7 Å². The Morgan fingerprint density at radius 3 is 2.48 bits per heavy atom. The molecule has 0 radical (unpaired) electrons. The highest BCUT2D eigenvalue weighted by molar-refractivity contribution is 9.11. The highest BCUT2D eigenvalue weighted by Crippen LogP contribution is 2.33. The molecular weight excluding hydrogens is 548 g/mol. The minimum absolute atomic E-state index is 0.166. The maximum Gasteiger partial charge on any atom is 0.261 e. The highest BCUT2D eigenvalue weighted by Gasteiger charge is 2.26. The average Bonchev–Trinajstić information content (AvgIpc) is 2.83. The lowest BCUT2D eigenvalue weighted by molar-refractivity contribution is -0.142. The SMILES string of the molecule is CCCCNC(=O)[C@@H](C)N(Cc1ccc(Br)cc1)C(=O)COc1ccc2ccccc2c1Br. The molecule has 5 nitrogen and oxygen atoms in total. The molecular formula is C26H28Br2N2O3. The number of rotatable bonds is 10. The Balaban J connectivity index is 1.75. The van der Waals surface area contributed by atoms with Gasteiger partial charge in [0, 0.05) is 17.6 Å².